The molecule has 1 heterocycles. The number of hydrogen-bond donors (Lipinski definition) is 1. The van der Waals surface area contributed by atoms with Gasteiger partial charge in [0, 0.05) is 25.3 Å². The molecule has 3 nitrogen and oxygen atoms in total. The van der Waals surface area contributed by atoms with E-state index < -0.39 is 0 Å². The monoisotopic (exact) mass is 282 g/mol. The van der Waals surface area contributed by atoms with Crippen molar-refractivity contribution in [1.82, 2.24) is 0 Å². The highest BCUT2D eigenvalue weighted by atomic mass is 16.5. The molecule has 0 saturated heterocycles. The van der Waals surface area contributed by atoms with Gasteiger partial charge in [0.2, 0.25) is 0 Å². The second-order valence-electron chi connectivity index (χ2n) is 5.35. The number of ether oxygens (including phenoxy) is 1. The van der Waals surface area contributed by atoms with Crippen LogP contribution in [0.3, 0.4) is 0 Å². The summed E-state index contributed by atoms with van der Waals surface area (Å²) < 4.78 is 5.37. The van der Waals surface area contributed by atoms with Crippen LogP contribution >= 0.6 is 0 Å². The van der Waals surface area contributed by atoms with Crippen LogP contribution in [0, 0.1) is 0 Å². The summed E-state index contributed by atoms with van der Waals surface area (Å²) in [6.07, 6.45) is 2.44. The van der Waals surface area contributed by atoms with Crippen molar-refractivity contribution in [3.63, 3.8) is 0 Å². The summed E-state index contributed by atoms with van der Waals surface area (Å²) in [4.78, 5) is 2.47. The van der Waals surface area contributed by atoms with Crippen LogP contribution in [0.1, 0.15) is 12.0 Å². The highest BCUT2D eigenvalue weighted by Crippen LogP contribution is 2.27. The molecule has 0 radical (unpaired) electrons. The zero-order valence-corrected chi connectivity index (χ0v) is 12.5. The van der Waals surface area contributed by atoms with Gasteiger partial charge in [-0.15, -0.1) is 0 Å². The number of anilines is 2. The maximum Gasteiger partial charge on any atom is 0.141 e. The molecule has 2 aromatic rings. The fourth-order valence-electron chi connectivity index (χ4n) is 2.96. The summed E-state index contributed by atoms with van der Waals surface area (Å²) in [7, 11) is 1.71. The standard InChI is InChI=1S/C18H22N2O/c1-21-18-11-5-3-9-16(18)19-12-14-20-13-6-8-15-7-2-4-10-17(15)20/h2-5,7,9-11,19H,6,8,12-14H2,1H3. The van der Waals surface area contributed by atoms with E-state index in [2.05, 4.69) is 40.5 Å². The Labute approximate surface area is 126 Å². The average molecular weight is 282 g/mol. The first-order chi connectivity index (χ1) is 10.4. The van der Waals surface area contributed by atoms with Crippen LogP contribution in [-0.2, 0) is 6.42 Å². The van der Waals surface area contributed by atoms with Crippen LogP contribution in [0.5, 0.6) is 5.75 Å². The molecule has 0 unspecified atom stereocenters. The normalized spacial score (nSPS) is 13.7. The second-order valence-corrected chi connectivity index (χ2v) is 5.35. The molecular weight excluding hydrogens is 260 g/mol. The summed E-state index contributed by atoms with van der Waals surface area (Å²) >= 11 is 0. The molecule has 1 N–H and O–H groups in total. The summed E-state index contributed by atoms with van der Waals surface area (Å²) in [5.74, 6) is 0.900. The molecule has 1 aliphatic rings. The van der Waals surface area contributed by atoms with E-state index in [9.17, 15) is 0 Å². The molecule has 0 fully saturated rings. The lowest BCUT2D eigenvalue weighted by Crippen LogP contribution is -2.33. The van der Waals surface area contributed by atoms with Crippen LogP contribution in [0.15, 0.2) is 48.5 Å². The van der Waals surface area contributed by atoms with E-state index in [4.69, 9.17) is 4.74 Å². The number of nitrogens with zero attached hydrogens (tertiary/aromatic N) is 1. The summed E-state index contributed by atoms with van der Waals surface area (Å²) in [6, 6.07) is 16.8. The van der Waals surface area contributed by atoms with E-state index in [1.165, 1.54) is 24.1 Å². The smallest absolute Gasteiger partial charge is 0.141 e. The van der Waals surface area contributed by atoms with Crippen molar-refractivity contribution in [2.75, 3.05) is 37.0 Å². The first-order valence-corrected chi connectivity index (χ1v) is 7.58. The van der Waals surface area contributed by atoms with E-state index in [-0.39, 0.29) is 0 Å². The number of benzene rings is 2. The third-order valence-corrected chi connectivity index (χ3v) is 4.01. The van der Waals surface area contributed by atoms with E-state index in [1.807, 2.05) is 18.2 Å². The fraction of sp³-hybridized carbons (Fsp3) is 0.333. The lowest BCUT2D eigenvalue weighted by atomic mass is 10.0. The molecule has 3 heteroatoms. The Morgan fingerprint density at radius 1 is 1.10 bits per heavy atom. The zero-order chi connectivity index (χ0) is 14.5. The van der Waals surface area contributed by atoms with Crippen molar-refractivity contribution in [2.45, 2.75) is 12.8 Å². The summed E-state index contributed by atoms with van der Waals surface area (Å²) in [6.45, 7) is 3.06. The van der Waals surface area contributed by atoms with Crippen LogP contribution in [0.25, 0.3) is 0 Å². The van der Waals surface area contributed by atoms with Gasteiger partial charge in [0.1, 0.15) is 5.75 Å². The SMILES string of the molecule is COc1ccccc1NCCN1CCCc2ccccc21. The van der Waals surface area contributed by atoms with Gasteiger partial charge in [-0.3, -0.25) is 0 Å². The minimum absolute atomic E-state index is 0.900. The molecule has 0 aromatic heterocycles. The van der Waals surface area contributed by atoms with Crippen molar-refractivity contribution in [1.29, 1.82) is 0 Å². The number of aryl methyl sites for hydroxylation is 1. The quantitative estimate of drug-likeness (QED) is 0.907. The molecule has 3 rings (SSSR count). The highest BCUT2D eigenvalue weighted by molar-refractivity contribution is 5.57. The summed E-state index contributed by atoms with van der Waals surface area (Å²) in [5, 5.41) is 3.48. The van der Waals surface area contributed by atoms with Crippen LogP contribution in [0.2, 0.25) is 0 Å². The van der Waals surface area contributed by atoms with Crippen LogP contribution < -0.4 is 15.0 Å². The van der Waals surface area contributed by atoms with E-state index >= 15 is 0 Å². The number of hydrogen-bond acceptors (Lipinski definition) is 3. The molecular formula is C18H22N2O. The zero-order valence-electron chi connectivity index (χ0n) is 12.5. The Kier molecular flexibility index (Phi) is 4.29. The van der Waals surface area contributed by atoms with E-state index in [1.54, 1.807) is 7.11 Å². The van der Waals surface area contributed by atoms with Crippen LogP contribution in [0.4, 0.5) is 11.4 Å². The third kappa shape index (κ3) is 3.13. The van der Waals surface area contributed by atoms with Crippen molar-refractivity contribution < 1.29 is 4.74 Å². The van der Waals surface area contributed by atoms with Gasteiger partial charge in [-0.1, -0.05) is 30.3 Å². The first kappa shape index (κ1) is 13.8. The first-order valence-electron chi connectivity index (χ1n) is 7.58. The number of nitrogens with one attached hydrogen (secondary N) is 1. The highest BCUT2D eigenvalue weighted by Gasteiger charge is 2.15. The van der Waals surface area contributed by atoms with Gasteiger partial charge in [0.15, 0.2) is 0 Å². The van der Waals surface area contributed by atoms with Gasteiger partial charge in [-0.25, -0.2) is 0 Å². The molecule has 0 aliphatic carbocycles. The number of fused-ring (bicyclic) bond motifs is 1. The minimum atomic E-state index is 0.900. The Morgan fingerprint density at radius 2 is 1.90 bits per heavy atom. The maximum absolute atomic E-state index is 5.37. The van der Waals surface area contributed by atoms with Gasteiger partial charge in [0.25, 0.3) is 0 Å². The van der Waals surface area contributed by atoms with Crippen molar-refractivity contribution >= 4 is 11.4 Å². The fourth-order valence-corrected chi connectivity index (χ4v) is 2.96. The second kappa shape index (κ2) is 6.53. The van der Waals surface area contributed by atoms with E-state index in [0.717, 1.165) is 31.1 Å². The molecule has 110 valence electrons. The van der Waals surface area contributed by atoms with Gasteiger partial charge >= 0.3 is 0 Å². The Bertz CT molecular complexity index is 597. The Balaban J connectivity index is 1.61. The van der Waals surface area contributed by atoms with Gasteiger partial charge in [-0.2, -0.15) is 0 Å². The number of rotatable bonds is 5. The Hall–Kier alpha value is -2.16. The lowest BCUT2D eigenvalue weighted by molar-refractivity contribution is 0.416. The van der Waals surface area contributed by atoms with Crippen molar-refractivity contribution in [3.8, 4) is 5.75 Å². The number of para-hydroxylation sites is 3. The van der Waals surface area contributed by atoms with Crippen molar-refractivity contribution in [2.24, 2.45) is 0 Å². The third-order valence-electron chi connectivity index (χ3n) is 4.01. The van der Waals surface area contributed by atoms with E-state index in [0.29, 0.717) is 0 Å². The molecule has 2 aromatic carbocycles. The summed E-state index contributed by atoms with van der Waals surface area (Å²) in [5.41, 5.74) is 3.93. The predicted molar refractivity (Wildman–Crippen MR) is 88.5 cm³/mol. The molecule has 21 heavy (non-hydrogen) atoms. The molecule has 0 amide bonds. The lowest BCUT2D eigenvalue weighted by Gasteiger charge is -2.31. The average Bonchev–Trinajstić information content (AvgIpc) is 2.55. The molecule has 0 saturated carbocycles. The van der Waals surface area contributed by atoms with Gasteiger partial charge in [0.05, 0.1) is 12.8 Å². The van der Waals surface area contributed by atoms with Crippen molar-refractivity contribution in [3.05, 3.63) is 54.1 Å². The molecule has 0 bridgehead atoms. The topological polar surface area (TPSA) is 24.5 Å². The predicted octanol–water partition coefficient (Wildman–Crippen LogP) is 3.56. The maximum atomic E-state index is 5.37. The number of methoxy groups -OCH3 is 1. The van der Waals surface area contributed by atoms with Gasteiger partial charge < -0.3 is 15.0 Å². The largest absolute Gasteiger partial charge is 0.495 e. The Morgan fingerprint density at radius 3 is 2.81 bits per heavy atom. The van der Waals surface area contributed by atoms with Crippen LogP contribution in [-0.4, -0.2) is 26.7 Å². The molecule has 0 atom stereocenters. The van der Waals surface area contributed by atoms with Gasteiger partial charge in [-0.05, 0) is 36.6 Å². The molecule has 0 spiro atoms. The minimum Gasteiger partial charge on any atom is -0.495 e. The molecule has 1 aliphatic heterocycles.